The van der Waals surface area contributed by atoms with Gasteiger partial charge in [-0.05, 0) is 27.7 Å². The van der Waals surface area contributed by atoms with Crippen molar-refractivity contribution in [2.75, 3.05) is 32.8 Å². The van der Waals surface area contributed by atoms with Crippen molar-refractivity contribution < 1.29 is 14.2 Å². The van der Waals surface area contributed by atoms with Crippen LogP contribution in [0.2, 0.25) is 0 Å². The summed E-state index contributed by atoms with van der Waals surface area (Å²) in [6.07, 6.45) is 0.493. The van der Waals surface area contributed by atoms with Crippen LogP contribution in [0.3, 0.4) is 0 Å². The zero-order valence-corrected chi connectivity index (χ0v) is 10.9. The highest BCUT2D eigenvalue weighted by Gasteiger charge is 2.24. The maximum atomic E-state index is 5.69. The molecule has 0 N–H and O–H groups in total. The minimum Gasteiger partial charge on any atom is -0.373 e. The van der Waals surface area contributed by atoms with E-state index in [4.69, 9.17) is 14.2 Å². The van der Waals surface area contributed by atoms with Crippen LogP contribution >= 0.6 is 0 Å². The molecule has 4 nitrogen and oxygen atoms in total. The standard InChI is InChI=1S/C12H25NO3/c1-5-14-12(15-6-2)9-13-7-10(3)16-11(4)8-13/h10-12H,5-9H2,1-4H3/t10-,11+. The summed E-state index contributed by atoms with van der Waals surface area (Å²) in [7, 11) is 0. The van der Waals surface area contributed by atoms with Gasteiger partial charge in [-0.3, -0.25) is 4.90 Å². The van der Waals surface area contributed by atoms with E-state index >= 15 is 0 Å². The normalized spacial score (nSPS) is 27.6. The number of hydrogen-bond donors (Lipinski definition) is 0. The van der Waals surface area contributed by atoms with E-state index in [-0.39, 0.29) is 6.29 Å². The molecule has 1 heterocycles. The van der Waals surface area contributed by atoms with Gasteiger partial charge in [-0.2, -0.15) is 0 Å². The molecule has 96 valence electrons. The summed E-state index contributed by atoms with van der Waals surface area (Å²) in [6, 6.07) is 0. The zero-order chi connectivity index (χ0) is 12.0. The largest absolute Gasteiger partial charge is 0.373 e. The van der Waals surface area contributed by atoms with Gasteiger partial charge in [0.15, 0.2) is 6.29 Å². The number of nitrogens with zero attached hydrogens (tertiary/aromatic N) is 1. The van der Waals surface area contributed by atoms with Crippen molar-refractivity contribution in [2.45, 2.75) is 46.2 Å². The minimum atomic E-state index is -0.104. The Morgan fingerprint density at radius 2 is 1.62 bits per heavy atom. The molecule has 0 radical (unpaired) electrons. The van der Waals surface area contributed by atoms with Gasteiger partial charge in [0.25, 0.3) is 0 Å². The third-order valence-corrected chi connectivity index (χ3v) is 2.61. The van der Waals surface area contributed by atoms with Crippen LogP contribution in [0.5, 0.6) is 0 Å². The number of morpholine rings is 1. The van der Waals surface area contributed by atoms with Gasteiger partial charge in [-0.1, -0.05) is 0 Å². The lowest BCUT2D eigenvalue weighted by atomic mass is 10.2. The van der Waals surface area contributed by atoms with Gasteiger partial charge < -0.3 is 14.2 Å². The summed E-state index contributed by atoms with van der Waals surface area (Å²) in [5.74, 6) is 0. The molecule has 2 atom stereocenters. The van der Waals surface area contributed by atoms with Gasteiger partial charge in [0, 0.05) is 32.8 Å². The maximum absolute atomic E-state index is 5.69. The second-order valence-corrected chi connectivity index (χ2v) is 4.32. The maximum Gasteiger partial charge on any atom is 0.170 e. The monoisotopic (exact) mass is 231 g/mol. The first kappa shape index (κ1) is 13.9. The molecule has 0 aromatic carbocycles. The van der Waals surface area contributed by atoms with Crippen LogP contribution in [0.25, 0.3) is 0 Å². The summed E-state index contributed by atoms with van der Waals surface area (Å²) in [6.45, 7) is 12.4. The predicted molar refractivity (Wildman–Crippen MR) is 63.5 cm³/mol. The van der Waals surface area contributed by atoms with Crippen molar-refractivity contribution in [3.05, 3.63) is 0 Å². The van der Waals surface area contributed by atoms with E-state index in [0.29, 0.717) is 25.4 Å². The van der Waals surface area contributed by atoms with E-state index in [1.807, 2.05) is 13.8 Å². The van der Waals surface area contributed by atoms with Crippen molar-refractivity contribution in [1.29, 1.82) is 0 Å². The average Bonchev–Trinajstić information content (AvgIpc) is 2.16. The van der Waals surface area contributed by atoms with Gasteiger partial charge in [-0.15, -0.1) is 0 Å². The van der Waals surface area contributed by atoms with Gasteiger partial charge in [0.05, 0.1) is 12.2 Å². The molecule has 0 aromatic heterocycles. The Labute approximate surface area is 98.8 Å². The van der Waals surface area contributed by atoms with Crippen LogP contribution in [0.4, 0.5) is 0 Å². The van der Waals surface area contributed by atoms with Crippen molar-refractivity contribution in [3.8, 4) is 0 Å². The Morgan fingerprint density at radius 1 is 1.12 bits per heavy atom. The van der Waals surface area contributed by atoms with Crippen molar-refractivity contribution in [2.24, 2.45) is 0 Å². The van der Waals surface area contributed by atoms with Crippen LogP contribution in [0.1, 0.15) is 27.7 Å². The van der Waals surface area contributed by atoms with E-state index in [0.717, 1.165) is 19.6 Å². The Hall–Kier alpha value is -0.160. The minimum absolute atomic E-state index is 0.104. The van der Waals surface area contributed by atoms with E-state index in [1.165, 1.54) is 0 Å². The summed E-state index contributed by atoms with van der Waals surface area (Å²) < 4.78 is 16.8. The second-order valence-electron chi connectivity index (χ2n) is 4.32. The molecule has 4 heteroatoms. The molecule has 0 bridgehead atoms. The van der Waals surface area contributed by atoms with Crippen LogP contribution in [0, 0.1) is 0 Å². The predicted octanol–water partition coefficient (Wildman–Crippen LogP) is 1.49. The Balaban J connectivity index is 2.37. The molecule has 0 amide bonds. The summed E-state index contributed by atoms with van der Waals surface area (Å²) in [4.78, 5) is 2.36. The SMILES string of the molecule is CCOC(CN1C[C@@H](C)O[C@@H](C)C1)OCC. The van der Waals surface area contributed by atoms with Crippen molar-refractivity contribution in [3.63, 3.8) is 0 Å². The van der Waals surface area contributed by atoms with Crippen LogP contribution in [-0.4, -0.2) is 56.2 Å². The molecule has 1 aliphatic rings. The van der Waals surface area contributed by atoms with Gasteiger partial charge >= 0.3 is 0 Å². The van der Waals surface area contributed by atoms with Crippen LogP contribution in [-0.2, 0) is 14.2 Å². The molecular formula is C12H25NO3. The first-order chi connectivity index (χ1) is 7.65. The van der Waals surface area contributed by atoms with E-state index < -0.39 is 0 Å². The smallest absolute Gasteiger partial charge is 0.170 e. The molecule has 1 rings (SSSR count). The average molecular weight is 231 g/mol. The number of hydrogen-bond acceptors (Lipinski definition) is 4. The Kier molecular flexibility index (Phi) is 6.28. The molecule has 0 spiro atoms. The third-order valence-electron chi connectivity index (χ3n) is 2.61. The molecule has 1 fully saturated rings. The fraction of sp³-hybridized carbons (Fsp3) is 1.00. The number of ether oxygens (including phenoxy) is 3. The third kappa shape index (κ3) is 4.78. The molecule has 0 aliphatic carbocycles. The van der Waals surface area contributed by atoms with Crippen LogP contribution < -0.4 is 0 Å². The first-order valence-electron chi connectivity index (χ1n) is 6.26. The Bertz CT molecular complexity index is 173. The van der Waals surface area contributed by atoms with Crippen LogP contribution in [0.15, 0.2) is 0 Å². The van der Waals surface area contributed by atoms with Gasteiger partial charge in [-0.25, -0.2) is 0 Å². The molecule has 0 aromatic rings. The van der Waals surface area contributed by atoms with Crippen molar-refractivity contribution in [1.82, 2.24) is 4.90 Å². The molecular weight excluding hydrogens is 206 g/mol. The van der Waals surface area contributed by atoms with Gasteiger partial charge in [0.2, 0.25) is 0 Å². The highest BCUT2D eigenvalue weighted by molar-refractivity contribution is 4.73. The fourth-order valence-corrected chi connectivity index (χ4v) is 2.17. The zero-order valence-electron chi connectivity index (χ0n) is 10.9. The van der Waals surface area contributed by atoms with Crippen molar-refractivity contribution >= 4 is 0 Å². The topological polar surface area (TPSA) is 30.9 Å². The number of rotatable bonds is 6. The first-order valence-corrected chi connectivity index (χ1v) is 6.26. The van der Waals surface area contributed by atoms with E-state index in [2.05, 4.69) is 18.7 Å². The second kappa shape index (κ2) is 7.22. The van der Waals surface area contributed by atoms with Gasteiger partial charge in [0.1, 0.15) is 0 Å². The highest BCUT2D eigenvalue weighted by atomic mass is 16.7. The summed E-state index contributed by atoms with van der Waals surface area (Å²) >= 11 is 0. The molecule has 1 aliphatic heterocycles. The fourth-order valence-electron chi connectivity index (χ4n) is 2.17. The molecule has 0 unspecified atom stereocenters. The molecule has 1 saturated heterocycles. The molecule has 16 heavy (non-hydrogen) atoms. The van der Waals surface area contributed by atoms with E-state index in [9.17, 15) is 0 Å². The lowest BCUT2D eigenvalue weighted by Gasteiger charge is -2.36. The lowest BCUT2D eigenvalue weighted by molar-refractivity contribution is -0.161. The molecule has 0 saturated carbocycles. The summed E-state index contributed by atoms with van der Waals surface area (Å²) in [5, 5.41) is 0. The lowest BCUT2D eigenvalue weighted by Crippen LogP contribution is -2.48. The quantitative estimate of drug-likeness (QED) is 0.648. The Morgan fingerprint density at radius 3 is 2.06 bits per heavy atom. The summed E-state index contributed by atoms with van der Waals surface area (Å²) in [5.41, 5.74) is 0. The highest BCUT2D eigenvalue weighted by Crippen LogP contribution is 2.12. The van der Waals surface area contributed by atoms with E-state index in [1.54, 1.807) is 0 Å².